The molecule has 1 aromatic carbocycles. The molecule has 2 aromatic rings. The topological polar surface area (TPSA) is 76.9 Å². The van der Waals surface area contributed by atoms with E-state index in [0.717, 1.165) is 0 Å². The van der Waals surface area contributed by atoms with Gasteiger partial charge in [0.1, 0.15) is 11.6 Å². The number of halogens is 1. The highest BCUT2D eigenvalue weighted by Gasteiger charge is 2.17. The van der Waals surface area contributed by atoms with Gasteiger partial charge in [-0.1, -0.05) is 17.7 Å². The van der Waals surface area contributed by atoms with Gasteiger partial charge >= 0.3 is 0 Å². The fourth-order valence-corrected chi connectivity index (χ4v) is 1.83. The molecular weight excluding hydrogens is 252 g/mol. The van der Waals surface area contributed by atoms with Crippen molar-refractivity contribution >= 4 is 17.3 Å². The fraction of sp³-hybridized carbons (Fsp3) is 0.167. The maximum Gasteiger partial charge on any atom is 0.236 e. The Bertz CT molecular complexity index is 622. The minimum absolute atomic E-state index is 0.329. The normalized spacial score (nSPS) is 10.1. The van der Waals surface area contributed by atoms with Gasteiger partial charge in [0, 0.05) is 7.05 Å². The van der Waals surface area contributed by atoms with Crippen LogP contribution in [-0.4, -0.2) is 9.78 Å². The molecule has 0 aliphatic carbocycles. The lowest BCUT2D eigenvalue weighted by molar-refractivity contribution is 0.431. The Morgan fingerprint density at radius 2 is 2.22 bits per heavy atom. The van der Waals surface area contributed by atoms with Crippen LogP contribution in [-0.2, 0) is 7.05 Å². The van der Waals surface area contributed by atoms with Crippen LogP contribution in [0.25, 0.3) is 0 Å². The van der Waals surface area contributed by atoms with E-state index >= 15 is 0 Å². The largest absolute Gasteiger partial charge is 0.434 e. The third-order valence-corrected chi connectivity index (χ3v) is 2.78. The molecule has 0 aliphatic rings. The first-order valence-electron chi connectivity index (χ1n) is 5.20. The van der Waals surface area contributed by atoms with Gasteiger partial charge in [-0.15, -0.1) is 0 Å². The first kappa shape index (κ1) is 12.3. The zero-order valence-electron chi connectivity index (χ0n) is 9.94. The summed E-state index contributed by atoms with van der Waals surface area (Å²) in [5.41, 5.74) is 7.17. The second-order valence-electron chi connectivity index (χ2n) is 3.76. The van der Waals surface area contributed by atoms with Gasteiger partial charge in [0.15, 0.2) is 5.75 Å². The number of aromatic nitrogens is 2. The molecule has 0 saturated heterocycles. The summed E-state index contributed by atoms with van der Waals surface area (Å²) in [7, 11) is 1.69. The number of nitrogen functional groups attached to an aromatic ring is 1. The molecule has 0 bridgehead atoms. The predicted molar refractivity (Wildman–Crippen MR) is 68.6 cm³/mol. The molecule has 18 heavy (non-hydrogen) atoms. The highest BCUT2D eigenvalue weighted by molar-refractivity contribution is 6.32. The lowest BCUT2D eigenvalue weighted by atomic mass is 10.2. The average molecular weight is 263 g/mol. The predicted octanol–water partition coefficient (Wildman–Crippen LogP) is 2.63. The lowest BCUT2D eigenvalue weighted by Crippen LogP contribution is -1.99. The summed E-state index contributed by atoms with van der Waals surface area (Å²) in [6.07, 6.45) is 0. The van der Waals surface area contributed by atoms with E-state index in [-0.39, 0.29) is 0 Å². The molecule has 5 nitrogen and oxygen atoms in total. The quantitative estimate of drug-likeness (QED) is 0.844. The van der Waals surface area contributed by atoms with E-state index in [1.165, 1.54) is 4.68 Å². The van der Waals surface area contributed by atoms with Crippen molar-refractivity contribution in [1.82, 2.24) is 9.78 Å². The van der Waals surface area contributed by atoms with E-state index < -0.39 is 0 Å². The third kappa shape index (κ3) is 1.98. The Morgan fingerprint density at radius 3 is 2.83 bits per heavy atom. The van der Waals surface area contributed by atoms with Gasteiger partial charge in [-0.3, -0.25) is 0 Å². The molecule has 92 valence electrons. The van der Waals surface area contributed by atoms with Crippen molar-refractivity contribution in [3.05, 3.63) is 34.5 Å². The second kappa shape index (κ2) is 4.59. The van der Waals surface area contributed by atoms with E-state index in [9.17, 15) is 0 Å². The number of nitrogens with zero attached hydrogens (tertiary/aromatic N) is 3. The van der Waals surface area contributed by atoms with Crippen LogP contribution in [0.5, 0.6) is 11.6 Å². The third-order valence-electron chi connectivity index (χ3n) is 2.48. The summed E-state index contributed by atoms with van der Waals surface area (Å²) in [5, 5.41) is 13.6. The van der Waals surface area contributed by atoms with Crippen LogP contribution in [0.15, 0.2) is 18.2 Å². The number of benzene rings is 1. The lowest BCUT2D eigenvalue weighted by Gasteiger charge is -2.10. The molecule has 0 amide bonds. The molecule has 0 spiro atoms. The van der Waals surface area contributed by atoms with Gasteiger partial charge in [-0.25, -0.2) is 4.68 Å². The van der Waals surface area contributed by atoms with Gasteiger partial charge < -0.3 is 10.5 Å². The van der Waals surface area contributed by atoms with Crippen molar-refractivity contribution in [3.63, 3.8) is 0 Å². The Hall–Kier alpha value is -2.19. The minimum Gasteiger partial charge on any atom is -0.434 e. The van der Waals surface area contributed by atoms with Gasteiger partial charge in [0.05, 0.1) is 16.4 Å². The van der Waals surface area contributed by atoms with Crippen LogP contribution < -0.4 is 10.5 Å². The Kier molecular flexibility index (Phi) is 3.13. The second-order valence-corrected chi connectivity index (χ2v) is 4.17. The van der Waals surface area contributed by atoms with Crippen LogP contribution >= 0.6 is 11.6 Å². The number of ether oxygens (including phenoxy) is 1. The van der Waals surface area contributed by atoms with Gasteiger partial charge in [0.25, 0.3) is 0 Å². The highest BCUT2D eigenvalue weighted by atomic mass is 35.5. The molecule has 0 saturated carbocycles. The van der Waals surface area contributed by atoms with Crippen molar-refractivity contribution in [2.24, 2.45) is 7.05 Å². The summed E-state index contributed by atoms with van der Waals surface area (Å²) in [5.74, 6) is 0.661. The maximum atomic E-state index is 9.08. The molecule has 0 aliphatic heterocycles. The van der Waals surface area contributed by atoms with Crippen molar-refractivity contribution in [3.8, 4) is 17.7 Å². The summed E-state index contributed by atoms with van der Waals surface area (Å²) in [6, 6.07) is 7.12. The van der Waals surface area contributed by atoms with Gasteiger partial charge in [0.2, 0.25) is 5.88 Å². The van der Waals surface area contributed by atoms with Crippen molar-refractivity contribution < 1.29 is 4.74 Å². The Balaban J connectivity index is 2.50. The standard InChI is InChI=1S/C12H11ClN4O/c1-7-8(6-14)12(17(2)16-7)18-11-9(13)4-3-5-10(11)15/h3-5H,15H2,1-2H3. The SMILES string of the molecule is Cc1nn(C)c(Oc2c(N)cccc2Cl)c1C#N. The molecule has 1 heterocycles. The number of aryl methyl sites for hydroxylation is 2. The Morgan fingerprint density at radius 1 is 1.50 bits per heavy atom. The molecule has 0 atom stereocenters. The van der Waals surface area contributed by atoms with E-state index in [0.29, 0.717) is 33.6 Å². The van der Waals surface area contributed by atoms with Crippen LogP contribution in [0.1, 0.15) is 11.3 Å². The van der Waals surface area contributed by atoms with E-state index in [2.05, 4.69) is 11.2 Å². The van der Waals surface area contributed by atoms with Crippen molar-refractivity contribution in [2.45, 2.75) is 6.92 Å². The maximum absolute atomic E-state index is 9.08. The number of nitriles is 1. The number of nitrogens with two attached hydrogens (primary N) is 1. The number of para-hydroxylation sites is 1. The zero-order chi connectivity index (χ0) is 13.3. The summed E-state index contributed by atoms with van der Waals surface area (Å²) in [6.45, 7) is 1.74. The average Bonchev–Trinajstić information content (AvgIpc) is 2.58. The smallest absolute Gasteiger partial charge is 0.236 e. The van der Waals surface area contributed by atoms with Crippen LogP contribution in [0.3, 0.4) is 0 Å². The monoisotopic (exact) mass is 262 g/mol. The van der Waals surface area contributed by atoms with Crippen molar-refractivity contribution in [1.29, 1.82) is 5.26 Å². The highest BCUT2D eigenvalue weighted by Crippen LogP contribution is 2.36. The van der Waals surface area contributed by atoms with Gasteiger partial charge in [-0.05, 0) is 19.1 Å². The summed E-state index contributed by atoms with van der Waals surface area (Å²) in [4.78, 5) is 0. The molecule has 1 aromatic heterocycles. The Labute approximate surface area is 109 Å². The molecule has 0 fully saturated rings. The summed E-state index contributed by atoms with van der Waals surface area (Å²) < 4.78 is 7.12. The van der Waals surface area contributed by atoms with E-state index in [4.69, 9.17) is 27.3 Å². The molecule has 6 heteroatoms. The first-order chi connectivity index (χ1) is 8.54. The minimum atomic E-state index is 0.329. The first-order valence-corrected chi connectivity index (χ1v) is 5.58. The zero-order valence-corrected chi connectivity index (χ0v) is 10.7. The van der Waals surface area contributed by atoms with Crippen LogP contribution in [0.2, 0.25) is 5.02 Å². The summed E-state index contributed by atoms with van der Waals surface area (Å²) >= 11 is 6.02. The molecule has 0 radical (unpaired) electrons. The van der Waals surface area contributed by atoms with Crippen LogP contribution in [0, 0.1) is 18.3 Å². The molecule has 0 unspecified atom stereocenters. The number of rotatable bonds is 2. The van der Waals surface area contributed by atoms with E-state index in [1.807, 2.05) is 0 Å². The van der Waals surface area contributed by atoms with E-state index in [1.54, 1.807) is 32.2 Å². The number of hydrogen-bond donors (Lipinski definition) is 1. The molecule has 2 N–H and O–H groups in total. The molecule has 2 rings (SSSR count). The number of anilines is 1. The fourth-order valence-electron chi connectivity index (χ4n) is 1.61. The van der Waals surface area contributed by atoms with Gasteiger partial charge in [-0.2, -0.15) is 10.4 Å². The number of hydrogen-bond acceptors (Lipinski definition) is 4. The van der Waals surface area contributed by atoms with Crippen LogP contribution in [0.4, 0.5) is 5.69 Å². The molecular formula is C12H11ClN4O. The van der Waals surface area contributed by atoms with Crippen molar-refractivity contribution in [2.75, 3.05) is 5.73 Å².